The lowest BCUT2D eigenvalue weighted by molar-refractivity contribution is -0.120. The summed E-state index contributed by atoms with van der Waals surface area (Å²) in [6.45, 7) is 3.37. The van der Waals surface area contributed by atoms with E-state index >= 15 is 0 Å². The fourth-order valence-corrected chi connectivity index (χ4v) is 3.21. The molecule has 0 fully saturated rings. The van der Waals surface area contributed by atoms with E-state index in [-0.39, 0.29) is 23.1 Å². The Morgan fingerprint density at radius 3 is 2.63 bits per heavy atom. The number of benzene rings is 1. The van der Waals surface area contributed by atoms with Crippen LogP contribution < -0.4 is 4.72 Å². The maximum atomic E-state index is 12.1. The molecular formula is C14H19NO3S. The summed E-state index contributed by atoms with van der Waals surface area (Å²) >= 11 is 0. The van der Waals surface area contributed by atoms with Gasteiger partial charge in [0.05, 0.1) is 11.4 Å². The lowest BCUT2D eigenvalue weighted by Crippen LogP contribution is -2.31. The van der Waals surface area contributed by atoms with Crippen molar-refractivity contribution in [1.82, 2.24) is 4.72 Å². The highest BCUT2D eigenvalue weighted by atomic mass is 32.2. The largest absolute Gasteiger partial charge is 0.298 e. The van der Waals surface area contributed by atoms with Crippen LogP contribution in [0.15, 0.2) is 23.1 Å². The molecule has 0 atom stereocenters. The van der Waals surface area contributed by atoms with Crippen molar-refractivity contribution in [3.63, 3.8) is 0 Å². The molecule has 19 heavy (non-hydrogen) atoms. The fraction of sp³-hybridized carbons (Fsp3) is 0.500. The standard InChI is InChI=1S/C14H19NO3S/c1-10(2)14(16)9-15-19(17,18)13-7-6-11-4-3-5-12(11)8-13/h6-8,10,15H,3-5,9H2,1-2H3. The lowest BCUT2D eigenvalue weighted by atomic mass is 10.1. The number of Topliss-reactive ketones (excluding diaryl/α,β-unsaturated/α-hetero) is 1. The number of rotatable bonds is 5. The Bertz CT molecular complexity index is 591. The molecule has 1 aliphatic rings. The highest BCUT2D eigenvalue weighted by Crippen LogP contribution is 2.24. The fourth-order valence-electron chi connectivity index (χ4n) is 2.17. The van der Waals surface area contributed by atoms with Crippen LogP contribution >= 0.6 is 0 Å². The van der Waals surface area contributed by atoms with Crippen LogP contribution in [0.5, 0.6) is 0 Å². The van der Waals surface area contributed by atoms with E-state index < -0.39 is 10.0 Å². The van der Waals surface area contributed by atoms with Crippen molar-refractivity contribution < 1.29 is 13.2 Å². The zero-order valence-electron chi connectivity index (χ0n) is 11.3. The third-order valence-electron chi connectivity index (χ3n) is 3.46. The van der Waals surface area contributed by atoms with Crippen molar-refractivity contribution in [3.8, 4) is 0 Å². The van der Waals surface area contributed by atoms with E-state index in [1.54, 1.807) is 26.0 Å². The third-order valence-corrected chi connectivity index (χ3v) is 4.86. The number of aryl methyl sites for hydroxylation is 2. The highest BCUT2D eigenvalue weighted by Gasteiger charge is 2.19. The van der Waals surface area contributed by atoms with Crippen LogP contribution in [0.25, 0.3) is 0 Å². The summed E-state index contributed by atoms with van der Waals surface area (Å²) in [5.74, 6) is -0.271. The van der Waals surface area contributed by atoms with Gasteiger partial charge in [0, 0.05) is 5.92 Å². The first kappa shape index (κ1) is 14.2. The van der Waals surface area contributed by atoms with Gasteiger partial charge in [0.25, 0.3) is 0 Å². The van der Waals surface area contributed by atoms with Crippen LogP contribution in [0.1, 0.15) is 31.4 Å². The number of hydrogen-bond donors (Lipinski definition) is 1. The minimum Gasteiger partial charge on any atom is -0.298 e. The zero-order chi connectivity index (χ0) is 14.0. The van der Waals surface area contributed by atoms with E-state index in [1.807, 2.05) is 6.07 Å². The molecule has 1 aromatic carbocycles. The number of carbonyl (C=O) groups excluding carboxylic acids is 1. The van der Waals surface area contributed by atoms with Crippen molar-refractivity contribution in [2.24, 2.45) is 5.92 Å². The third kappa shape index (κ3) is 3.22. The second-order valence-corrected chi connectivity index (χ2v) is 7.00. The summed E-state index contributed by atoms with van der Waals surface area (Å²) in [6.07, 6.45) is 3.04. The zero-order valence-corrected chi connectivity index (χ0v) is 12.1. The number of ketones is 1. The summed E-state index contributed by atoms with van der Waals surface area (Å²) in [7, 11) is -3.58. The summed E-state index contributed by atoms with van der Waals surface area (Å²) in [4.78, 5) is 11.7. The molecule has 0 amide bonds. The first-order chi connectivity index (χ1) is 8.90. The molecule has 4 nitrogen and oxygen atoms in total. The van der Waals surface area contributed by atoms with Gasteiger partial charge in [0.1, 0.15) is 5.78 Å². The van der Waals surface area contributed by atoms with Crippen LogP contribution in [0.4, 0.5) is 0 Å². The molecule has 0 spiro atoms. The number of nitrogens with one attached hydrogen (secondary N) is 1. The Labute approximate surface area is 114 Å². The summed E-state index contributed by atoms with van der Waals surface area (Å²) in [5.41, 5.74) is 2.34. The molecule has 5 heteroatoms. The van der Waals surface area contributed by atoms with E-state index in [4.69, 9.17) is 0 Å². The van der Waals surface area contributed by atoms with Crippen LogP contribution in [-0.2, 0) is 27.7 Å². The van der Waals surface area contributed by atoms with Crippen LogP contribution in [0, 0.1) is 5.92 Å². The van der Waals surface area contributed by atoms with E-state index in [0.29, 0.717) is 0 Å². The molecule has 104 valence electrons. The van der Waals surface area contributed by atoms with Gasteiger partial charge in [-0.25, -0.2) is 13.1 Å². The molecule has 0 radical (unpaired) electrons. The number of fused-ring (bicyclic) bond motifs is 1. The number of carbonyl (C=O) groups is 1. The predicted molar refractivity (Wildman–Crippen MR) is 73.5 cm³/mol. The first-order valence-electron chi connectivity index (χ1n) is 6.54. The van der Waals surface area contributed by atoms with Gasteiger partial charge in [0.15, 0.2) is 0 Å². The number of sulfonamides is 1. The van der Waals surface area contributed by atoms with Gasteiger partial charge in [-0.3, -0.25) is 4.79 Å². The minimum absolute atomic E-state index is 0.107. The topological polar surface area (TPSA) is 63.2 Å². The molecule has 0 aliphatic heterocycles. The number of hydrogen-bond acceptors (Lipinski definition) is 3. The Morgan fingerprint density at radius 1 is 1.26 bits per heavy atom. The summed E-state index contributed by atoms with van der Waals surface area (Å²) < 4.78 is 26.6. The van der Waals surface area contributed by atoms with Gasteiger partial charge >= 0.3 is 0 Å². The molecule has 0 bridgehead atoms. The molecule has 0 heterocycles. The van der Waals surface area contributed by atoms with Gasteiger partial charge in [-0.2, -0.15) is 0 Å². The van der Waals surface area contributed by atoms with Crippen molar-refractivity contribution in [3.05, 3.63) is 29.3 Å². The second kappa shape index (κ2) is 5.43. The van der Waals surface area contributed by atoms with Crippen LogP contribution in [-0.4, -0.2) is 20.7 Å². The molecule has 1 aromatic rings. The molecule has 1 aliphatic carbocycles. The van der Waals surface area contributed by atoms with Gasteiger partial charge in [-0.15, -0.1) is 0 Å². The highest BCUT2D eigenvalue weighted by molar-refractivity contribution is 7.89. The van der Waals surface area contributed by atoms with Crippen molar-refractivity contribution >= 4 is 15.8 Å². The van der Waals surface area contributed by atoms with Crippen LogP contribution in [0.2, 0.25) is 0 Å². The molecule has 0 saturated carbocycles. The monoisotopic (exact) mass is 281 g/mol. The predicted octanol–water partition coefficient (Wildman–Crippen LogP) is 1.68. The summed E-state index contributed by atoms with van der Waals surface area (Å²) in [5, 5.41) is 0. The van der Waals surface area contributed by atoms with Crippen molar-refractivity contribution in [1.29, 1.82) is 0 Å². The normalized spacial score (nSPS) is 14.7. The molecule has 0 saturated heterocycles. The average molecular weight is 281 g/mol. The Hall–Kier alpha value is -1.20. The van der Waals surface area contributed by atoms with Crippen LogP contribution in [0.3, 0.4) is 0 Å². The quantitative estimate of drug-likeness (QED) is 0.893. The van der Waals surface area contributed by atoms with E-state index in [9.17, 15) is 13.2 Å². The van der Waals surface area contributed by atoms with Gasteiger partial charge < -0.3 is 0 Å². The Balaban J connectivity index is 2.14. The molecule has 0 aromatic heterocycles. The lowest BCUT2D eigenvalue weighted by Gasteiger charge is -2.09. The molecule has 1 N–H and O–H groups in total. The van der Waals surface area contributed by atoms with E-state index in [1.165, 1.54) is 5.56 Å². The molecule has 2 rings (SSSR count). The van der Waals surface area contributed by atoms with Gasteiger partial charge in [-0.1, -0.05) is 19.9 Å². The average Bonchev–Trinajstić information content (AvgIpc) is 2.82. The maximum absolute atomic E-state index is 12.1. The minimum atomic E-state index is -3.58. The Kier molecular flexibility index (Phi) is 4.06. The van der Waals surface area contributed by atoms with Gasteiger partial charge in [0.2, 0.25) is 10.0 Å². The second-order valence-electron chi connectivity index (χ2n) is 5.23. The van der Waals surface area contributed by atoms with E-state index in [2.05, 4.69) is 4.72 Å². The summed E-state index contributed by atoms with van der Waals surface area (Å²) in [6, 6.07) is 5.22. The van der Waals surface area contributed by atoms with Crippen molar-refractivity contribution in [2.45, 2.75) is 38.0 Å². The molecule has 0 unspecified atom stereocenters. The first-order valence-corrected chi connectivity index (χ1v) is 8.02. The van der Waals surface area contributed by atoms with E-state index in [0.717, 1.165) is 24.8 Å². The Morgan fingerprint density at radius 2 is 1.95 bits per heavy atom. The maximum Gasteiger partial charge on any atom is 0.240 e. The van der Waals surface area contributed by atoms with Crippen molar-refractivity contribution in [2.75, 3.05) is 6.54 Å². The van der Waals surface area contributed by atoms with Gasteiger partial charge in [-0.05, 0) is 42.5 Å². The molecular weight excluding hydrogens is 262 g/mol. The SMILES string of the molecule is CC(C)C(=O)CNS(=O)(=O)c1ccc2c(c1)CCC2. The smallest absolute Gasteiger partial charge is 0.240 e.